The lowest BCUT2D eigenvalue weighted by Crippen LogP contribution is -2.60. The number of hydrogen-bond acceptors (Lipinski definition) is 2. The number of rotatable bonds is 3. The van der Waals surface area contributed by atoms with E-state index in [1.54, 1.807) is 13.8 Å². The summed E-state index contributed by atoms with van der Waals surface area (Å²) in [4.78, 5) is 13.2. The van der Waals surface area contributed by atoms with E-state index in [-0.39, 0.29) is 5.92 Å². The first-order chi connectivity index (χ1) is 8.55. The topological polar surface area (TPSA) is 46.3 Å². The molecule has 0 radical (unpaired) electrons. The first-order valence-electron chi connectivity index (χ1n) is 6.72. The molecule has 1 aliphatic rings. The fraction of sp³-hybridized carbons (Fsp3) is 0.923. The van der Waals surface area contributed by atoms with Gasteiger partial charge in [-0.2, -0.15) is 13.2 Å². The van der Waals surface area contributed by atoms with Crippen LogP contribution in [0, 0.1) is 5.92 Å². The van der Waals surface area contributed by atoms with Gasteiger partial charge in [0, 0.05) is 6.04 Å². The molecule has 2 unspecified atom stereocenters. The van der Waals surface area contributed by atoms with Gasteiger partial charge in [0.15, 0.2) is 0 Å². The van der Waals surface area contributed by atoms with E-state index in [1.807, 2.05) is 6.92 Å². The second kappa shape index (κ2) is 5.69. The van der Waals surface area contributed by atoms with Crippen LogP contribution in [0.1, 0.15) is 46.5 Å². The van der Waals surface area contributed by atoms with Crippen molar-refractivity contribution in [3.63, 3.8) is 0 Å². The Bertz CT molecular complexity index is 330. The lowest BCUT2D eigenvalue weighted by Gasteiger charge is -2.40. The van der Waals surface area contributed by atoms with Gasteiger partial charge in [-0.05, 0) is 32.6 Å². The molecule has 2 atom stereocenters. The number of alkyl halides is 3. The summed E-state index contributed by atoms with van der Waals surface area (Å²) < 4.78 is 37.7. The third kappa shape index (κ3) is 4.37. The third-order valence-corrected chi connectivity index (χ3v) is 3.69. The molecule has 0 spiro atoms. The van der Waals surface area contributed by atoms with Crippen LogP contribution in [0.25, 0.3) is 0 Å². The number of nitrogens with two attached hydrogens (primary N) is 1. The van der Waals surface area contributed by atoms with Crippen LogP contribution in [0.3, 0.4) is 0 Å². The Hall–Kier alpha value is -0.780. The monoisotopic (exact) mass is 280 g/mol. The van der Waals surface area contributed by atoms with E-state index < -0.39 is 30.2 Å². The van der Waals surface area contributed by atoms with Crippen molar-refractivity contribution in [2.75, 3.05) is 6.54 Å². The highest BCUT2D eigenvalue weighted by molar-refractivity contribution is 5.86. The molecule has 1 amide bonds. The Morgan fingerprint density at radius 1 is 1.47 bits per heavy atom. The van der Waals surface area contributed by atoms with Crippen molar-refractivity contribution in [2.45, 2.75) is 64.2 Å². The molecule has 0 aliphatic heterocycles. The van der Waals surface area contributed by atoms with Crippen LogP contribution in [0.5, 0.6) is 0 Å². The molecule has 0 saturated heterocycles. The van der Waals surface area contributed by atoms with Crippen LogP contribution < -0.4 is 5.73 Å². The minimum Gasteiger partial charge on any atom is -0.330 e. The highest BCUT2D eigenvalue weighted by Gasteiger charge is 2.44. The minimum absolute atomic E-state index is 0.280. The molecule has 0 bridgehead atoms. The quantitative estimate of drug-likeness (QED) is 0.864. The summed E-state index contributed by atoms with van der Waals surface area (Å²) in [5.74, 6) is -0.283. The molecule has 19 heavy (non-hydrogen) atoms. The van der Waals surface area contributed by atoms with Gasteiger partial charge in [0.05, 0.1) is 5.54 Å². The van der Waals surface area contributed by atoms with Crippen molar-refractivity contribution in [2.24, 2.45) is 11.7 Å². The normalized spacial score (nSPS) is 28.5. The van der Waals surface area contributed by atoms with Crippen molar-refractivity contribution in [1.29, 1.82) is 0 Å². The molecule has 0 aromatic heterocycles. The fourth-order valence-corrected chi connectivity index (χ4v) is 2.75. The van der Waals surface area contributed by atoms with Crippen molar-refractivity contribution in [3.05, 3.63) is 0 Å². The van der Waals surface area contributed by atoms with E-state index in [1.165, 1.54) is 0 Å². The van der Waals surface area contributed by atoms with Gasteiger partial charge in [-0.3, -0.25) is 4.79 Å². The van der Waals surface area contributed by atoms with Crippen LogP contribution in [-0.4, -0.2) is 35.1 Å². The average molecular weight is 280 g/mol. The smallest absolute Gasteiger partial charge is 0.330 e. The maximum atomic E-state index is 12.6. The summed E-state index contributed by atoms with van der Waals surface area (Å²) in [5, 5.41) is 0. The predicted molar refractivity (Wildman–Crippen MR) is 67.5 cm³/mol. The molecule has 112 valence electrons. The second-order valence-electron chi connectivity index (χ2n) is 6.00. The Morgan fingerprint density at radius 3 is 2.47 bits per heavy atom. The van der Waals surface area contributed by atoms with Crippen molar-refractivity contribution < 1.29 is 18.0 Å². The van der Waals surface area contributed by atoms with E-state index >= 15 is 0 Å². The van der Waals surface area contributed by atoms with Gasteiger partial charge in [-0.25, -0.2) is 0 Å². The Balaban J connectivity index is 2.87. The standard InChI is InChI=1S/C13H23F3N2O/c1-9(2)18(8-13(14,15)16)11(19)12(17)6-4-5-10(3)7-12/h9-10H,4-8,17H2,1-3H3. The molecule has 1 aliphatic carbocycles. The molecule has 1 fully saturated rings. The van der Waals surface area contributed by atoms with E-state index in [2.05, 4.69) is 0 Å². The van der Waals surface area contributed by atoms with Crippen LogP contribution in [0.2, 0.25) is 0 Å². The number of halogens is 3. The molecule has 1 rings (SSSR count). The largest absolute Gasteiger partial charge is 0.406 e. The van der Waals surface area contributed by atoms with Gasteiger partial charge in [0.2, 0.25) is 5.91 Å². The second-order valence-corrected chi connectivity index (χ2v) is 6.00. The number of nitrogens with zero attached hydrogens (tertiary/aromatic N) is 1. The molecule has 6 heteroatoms. The molecule has 0 aromatic carbocycles. The molecule has 1 saturated carbocycles. The predicted octanol–water partition coefficient (Wildman–Crippen LogP) is 2.69. The Labute approximate surface area is 112 Å². The van der Waals surface area contributed by atoms with Gasteiger partial charge in [0.25, 0.3) is 0 Å². The fourth-order valence-electron chi connectivity index (χ4n) is 2.75. The number of carbonyl (C=O) groups excluding carboxylic acids is 1. The van der Waals surface area contributed by atoms with Crippen LogP contribution in [0.15, 0.2) is 0 Å². The summed E-state index contributed by atoms with van der Waals surface area (Å²) in [6, 6.07) is -0.508. The molecule has 0 aromatic rings. The van der Waals surface area contributed by atoms with Crippen molar-refractivity contribution >= 4 is 5.91 Å². The highest BCUT2D eigenvalue weighted by atomic mass is 19.4. The van der Waals surface area contributed by atoms with Crippen LogP contribution in [0.4, 0.5) is 13.2 Å². The summed E-state index contributed by atoms with van der Waals surface area (Å²) in [6.45, 7) is 3.92. The number of carbonyl (C=O) groups is 1. The number of amides is 1. The Kier molecular flexibility index (Phi) is 4.87. The molecule has 2 N–H and O–H groups in total. The third-order valence-electron chi connectivity index (χ3n) is 3.69. The summed E-state index contributed by atoms with van der Waals surface area (Å²) in [5.41, 5.74) is 4.96. The first kappa shape index (κ1) is 16.3. The van der Waals surface area contributed by atoms with E-state index in [9.17, 15) is 18.0 Å². The molecule has 3 nitrogen and oxygen atoms in total. The van der Waals surface area contributed by atoms with Gasteiger partial charge >= 0.3 is 6.18 Å². The van der Waals surface area contributed by atoms with Gasteiger partial charge < -0.3 is 10.6 Å². The van der Waals surface area contributed by atoms with E-state index in [0.717, 1.165) is 17.7 Å². The van der Waals surface area contributed by atoms with Gasteiger partial charge in [0.1, 0.15) is 6.54 Å². The van der Waals surface area contributed by atoms with Gasteiger partial charge in [-0.15, -0.1) is 0 Å². The lowest BCUT2D eigenvalue weighted by atomic mass is 9.76. The van der Waals surface area contributed by atoms with Crippen molar-refractivity contribution in [3.8, 4) is 0 Å². The first-order valence-corrected chi connectivity index (χ1v) is 6.72. The van der Waals surface area contributed by atoms with Gasteiger partial charge in [-0.1, -0.05) is 19.8 Å². The van der Waals surface area contributed by atoms with E-state index in [0.29, 0.717) is 12.8 Å². The molecular formula is C13H23F3N2O. The molecular weight excluding hydrogens is 257 g/mol. The summed E-state index contributed by atoms with van der Waals surface area (Å²) >= 11 is 0. The lowest BCUT2D eigenvalue weighted by molar-refractivity contribution is -0.169. The van der Waals surface area contributed by atoms with Crippen LogP contribution >= 0.6 is 0 Å². The summed E-state index contributed by atoms with van der Waals surface area (Å²) in [6.07, 6.45) is -1.69. The SMILES string of the molecule is CC1CCCC(N)(C(=O)N(CC(F)(F)F)C(C)C)C1. The maximum absolute atomic E-state index is 12.6. The van der Waals surface area contributed by atoms with E-state index in [4.69, 9.17) is 5.73 Å². The van der Waals surface area contributed by atoms with Crippen LogP contribution in [-0.2, 0) is 4.79 Å². The highest BCUT2D eigenvalue weighted by Crippen LogP contribution is 2.33. The zero-order valence-electron chi connectivity index (χ0n) is 11.8. The minimum atomic E-state index is -4.39. The zero-order chi connectivity index (χ0) is 14.8. The maximum Gasteiger partial charge on any atom is 0.406 e. The zero-order valence-corrected chi connectivity index (χ0v) is 11.8. The summed E-state index contributed by atoms with van der Waals surface area (Å²) in [7, 11) is 0. The Morgan fingerprint density at radius 2 is 2.05 bits per heavy atom. The number of hydrogen-bond donors (Lipinski definition) is 1. The molecule has 0 heterocycles. The van der Waals surface area contributed by atoms with Crippen molar-refractivity contribution in [1.82, 2.24) is 4.90 Å². The average Bonchev–Trinajstić information content (AvgIpc) is 2.23.